The lowest BCUT2D eigenvalue weighted by atomic mass is 10.1. The minimum atomic E-state index is -4.85. The highest BCUT2D eigenvalue weighted by Crippen LogP contribution is 2.33. The van der Waals surface area contributed by atoms with Crippen molar-refractivity contribution in [1.82, 2.24) is 0 Å². The molecule has 2 nitrogen and oxygen atoms in total. The molecule has 6 heteroatoms. The van der Waals surface area contributed by atoms with Crippen molar-refractivity contribution in [2.75, 3.05) is 0 Å². The van der Waals surface area contributed by atoms with E-state index in [1.54, 1.807) is 13.8 Å². The van der Waals surface area contributed by atoms with E-state index >= 15 is 0 Å². The molecule has 0 radical (unpaired) electrons. The maximum atomic E-state index is 13.0. The molecule has 0 atom stereocenters. The zero-order valence-corrected chi connectivity index (χ0v) is 11.8. The average molecular weight is 312 g/mol. The molecule has 0 bridgehead atoms. The summed E-state index contributed by atoms with van der Waals surface area (Å²) in [5.74, 6) is -2.12. The molecule has 0 spiro atoms. The summed E-state index contributed by atoms with van der Waals surface area (Å²) >= 11 is 0. The van der Waals surface area contributed by atoms with E-state index < -0.39 is 29.1 Å². The second kappa shape index (κ2) is 5.79. The Morgan fingerprint density at radius 1 is 1.00 bits per heavy atom. The molecule has 2 rings (SSSR count). The molecular formula is C16H12F4O2. The van der Waals surface area contributed by atoms with Gasteiger partial charge in [0.05, 0.1) is 11.1 Å². The molecule has 2 aromatic rings. The summed E-state index contributed by atoms with van der Waals surface area (Å²) in [6.07, 6.45) is -4.85. The third-order valence-electron chi connectivity index (χ3n) is 2.91. The molecule has 0 saturated carbocycles. The Bertz CT molecular complexity index is 700. The zero-order chi connectivity index (χ0) is 16.5. The van der Waals surface area contributed by atoms with Gasteiger partial charge in [0.1, 0.15) is 11.6 Å². The first-order chi connectivity index (χ1) is 10.2. The minimum Gasteiger partial charge on any atom is -0.423 e. The second-order valence-electron chi connectivity index (χ2n) is 4.90. The lowest BCUT2D eigenvalue weighted by molar-refractivity contribution is -0.138. The molecule has 0 amide bonds. The van der Waals surface area contributed by atoms with Crippen molar-refractivity contribution in [3.05, 3.63) is 64.5 Å². The van der Waals surface area contributed by atoms with Gasteiger partial charge in [0, 0.05) is 0 Å². The van der Waals surface area contributed by atoms with Crippen LogP contribution in [0.3, 0.4) is 0 Å². The van der Waals surface area contributed by atoms with Gasteiger partial charge in [-0.05, 0) is 55.3 Å². The van der Waals surface area contributed by atoms with Crippen molar-refractivity contribution in [3.8, 4) is 5.75 Å². The van der Waals surface area contributed by atoms with Crippen molar-refractivity contribution >= 4 is 5.97 Å². The molecule has 0 aliphatic rings. The van der Waals surface area contributed by atoms with Gasteiger partial charge in [0.15, 0.2) is 0 Å². The smallest absolute Gasteiger partial charge is 0.417 e. The zero-order valence-electron chi connectivity index (χ0n) is 11.8. The summed E-state index contributed by atoms with van der Waals surface area (Å²) < 4.78 is 56.6. The normalized spacial score (nSPS) is 11.4. The summed E-state index contributed by atoms with van der Waals surface area (Å²) in [4.78, 5) is 12.0. The first-order valence-corrected chi connectivity index (χ1v) is 6.34. The van der Waals surface area contributed by atoms with Crippen molar-refractivity contribution in [2.24, 2.45) is 0 Å². The first-order valence-electron chi connectivity index (χ1n) is 6.34. The maximum Gasteiger partial charge on any atom is 0.417 e. The van der Waals surface area contributed by atoms with Crippen LogP contribution < -0.4 is 4.74 Å². The summed E-state index contributed by atoms with van der Waals surface area (Å²) in [7, 11) is 0. The fraction of sp³-hybridized carbons (Fsp3) is 0.188. The van der Waals surface area contributed by atoms with Crippen molar-refractivity contribution in [2.45, 2.75) is 20.0 Å². The number of hydrogen-bond donors (Lipinski definition) is 0. The summed E-state index contributed by atoms with van der Waals surface area (Å²) in [5, 5.41) is 0. The van der Waals surface area contributed by atoms with Crippen LogP contribution in [0, 0.1) is 19.7 Å². The van der Waals surface area contributed by atoms with Crippen LogP contribution in [0.15, 0.2) is 36.4 Å². The second-order valence-corrected chi connectivity index (χ2v) is 4.90. The van der Waals surface area contributed by atoms with Gasteiger partial charge < -0.3 is 4.74 Å². The molecule has 0 aliphatic carbocycles. The molecule has 0 aromatic heterocycles. The molecule has 0 fully saturated rings. The highest BCUT2D eigenvalue weighted by Gasteiger charge is 2.36. The summed E-state index contributed by atoms with van der Waals surface area (Å²) in [5.41, 5.74) is -0.481. The summed E-state index contributed by atoms with van der Waals surface area (Å²) in [6.45, 7) is 3.53. The largest absolute Gasteiger partial charge is 0.423 e. The Morgan fingerprint density at radius 2 is 1.59 bits per heavy atom. The number of alkyl halides is 3. The molecule has 0 N–H and O–H groups in total. The first kappa shape index (κ1) is 16.0. The Kier molecular flexibility index (Phi) is 4.21. The van der Waals surface area contributed by atoms with Crippen molar-refractivity contribution in [1.29, 1.82) is 0 Å². The van der Waals surface area contributed by atoms with E-state index in [9.17, 15) is 22.4 Å². The van der Waals surface area contributed by atoms with Gasteiger partial charge in [-0.15, -0.1) is 0 Å². The van der Waals surface area contributed by atoms with Gasteiger partial charge >= 0.3 is 12.1 Å². The Balaban J connectivity index is 2.38. The van der Waals surface area contributed by atoms with Gasteiger partial charge in [-0.3, -0.25) is 0 Å². The molecule has 0 unspecified atom stereocenters. The topological polar surface area (TPSA) is 26.3 Å². The summed E-state index contributed by atoms with van der Waals surface area (Å²) in [6, 6.07) is 6.72. The van der Waals surface area contributed by atoms with E-state index in [0.29, 0.717) is 0 Å². The van der Waals surface area contributed by atoms with Gasteiger partial charge in [-0.1, -0.05) is 6.07 Å². The average Bonchev–Trinajstić information content (AvgIpc) is 2.36. The minimum absolute atomic E-state index is 0.139. The van der Waals surface area contributed by atoms with Crippen LogP contribution in [-0.2, 0) is 6.18 Å². The standard InChI is InChI=1S/C16H12F4O2/c1-9-5-10(2)7-12(6-9)22-15(21)13-4-3-11(17)8-14(13)16(18,19)20/h3-8H,1-2H3. The SMILES string of the molecule is Cc1cc(C)cc(OC(=O)c2ccc(F)cc2C(F)(F)F)c1. The molecule has 0 heterocycles. The maximum absolute atomic E-state index is 13.0. The van der Waals surface area contributed by atoms with E-state index in [1.165, 1.54) is 12.1 Å². The number of benzene rings is 2. The number of ether oxygens (including phenoxy) is 1. The molecule has 22 heavy (non-hydrogen) atoms. The van der Waals surface area contributed by atoms with Crippen LogP contribution in [-0.4, -0.2) is 5.97 Å². The van der Waals surface area contributed by atoms with E-state index in [-0.39, 0.29) is 11.8 Å². The molecule has 0 saturated heterocycles. The highest BCUT2D eigenvalue weighted by atomic mass is 19.4. The third kappa shape index (κ3) is 3.63. The Labute approximate surface area is 124 Å². The van der Waals surface area contributed by atoms with Crippen LogP contribution in [0.2, 0.25) is 0 Å². The van der Waals surface area contributed by atoms with E-state index in [2.05, 4.69) is 0 Å². The number of esters is 1. The number of hydrogen-bond acceptors (Lipinski definition) is 2. The van der Waals surface area contributed by atoms with Crippen LogP contribution in [0.4, 0.5) is 17.6 Å². The van der Waals surface area contributed by atoms with Crippen LogP contribution in [0.25, 0.3) is 0 Å². The van der Waals surface area contributed by atoms with E-state index in [4.69, 9.17) is 4.74 Å². The fourth-order valence-electron chi connectivity index (χ4n) is 2.08. The lowest BCUT2D eigenvalue weighted by Gasteiger charge is -2.13. The number of aryl methyl sites for hydroxylation is 2. The van der Waals surface area contributed by atoms with Gasteiger partial charge in [-0.25, -0.2) is 9.18 Å². The lowest BCUT2D eigenvalue weighted by Crippen LogP contribution is -2.17. The van der Waals surface area contributed by atoms with Crippen LogP contribution in [0.5, 0.6) is 5.75 Å². The molecule has 116 valence electrons. The van der Waals surface area contributed by atoms with E-state index in [0.717, 1.165) is 23.3 Å². The van der Waals surface area contributed by atoms with Crippen LogP contribution >= 0.6 is 0 Å². The van der Waals surface area contributed by atoms with Crippen molar-refractivity contribution in [3.63, 3.8) is 0 Å². The van der Waals surface area contributed by atoms with Crippen LogP contribution in [0.1, 0.15) is 27.0 Å². The number of carbonyl (C=O) groups is 1. The third-order valence-corrected chi connectivity index (χ3v) is 2.91. The quantitative estimate of drug-likeness (QED) is 0.457. The predicted molar refractivity (Wildman–Crippen MR) is 72.3 cm³/mol. The Hall–Kier alpha value is -2.37. The monoisotopic (exact) mass is 312 g/mol. The number of rotatable bonds is 2. The number of halogens is 4. The fourth-order valence-corrected chi connectivity index (χ4v) is 2.08. The Morgan fingerprint density at radius 3 is 2.14 bits per heavy atom. The number of carbonyl (C=O) groups excluding carboxylic acids is 1. The van der Waals surface area contributed by atoms with Gasteiger partial charge in [0.25, 0.3) is 0 Å². The molecule has 0 aliphatic heterocycles. The highest BCUT2D eigenvalue weighted by molar-refractivity contribution is 5.92. The predicted octanol–water partition coefficient (Wildman–Crippen LogP) is 4.68. The van der Waals surface area contributed by atoms with Gasteiger partial charge in [-0.2, -0.15) is 13.2 Å². The van der Waals surface area contributed by atoms with E-state index in [1.807, 2.05) is 6.07 Å². The molecule has 2 aromatic carbocycles. The molecular weight excluding hydrogens is 300 g/mol. The van der Waals surface area contributed by atoms with Crippen molar-refractivity contribution < 1.29 is 27.1 Å². The van der Waals surface area contributed by atoms with Gasteiger partial charge in [0.2, 0.25) is 0 Å².